The molecule has 0 aliphatic rings. The van der Waals surface area contributed by atoms with Crippen LogP contribution >= 0.6 is 22.9 Å². The van der Waals surface area contributed by atoms with Crippen molar-refractivity contribution in [2.24, 2.45) is 0 Å². The van der Waals surface area contributed by atoms with Crippen LogP contribution in [0.3, 0.4) is 0 Å². The quantitative estimate of drug-likeness (QED) is 0.935. The van der Waals surface area contributed by atoms with Crippen molar-refractivity contribution >= 4 is 33.9 Å². The van der Waals surface area contributed by atoms with Gasteiger partial charge in [-0.25, -0.2) is 9.78 Å². The highest BCUT2D eigenvalue weighted by molar-refractivity contribution is 7.14. The Morgan fingerprint density at radius 2 is 2.26 bits per heavy atom. The first-order valence-electron chi connectivity index (χ1n) is 5.65. The average Bonchev–Trinajstić information content (AvgIpc) is 2.86. The smallest absolute Gasteiger partial charge is 0.357 e. The molecule has 0 radical (unpaired) electrons. The zero-order chi connectivity index (χ0) is 14.0. The van der Waals surface area contributed by atoms with Crippen LogP contribution in [0.1, 0.15) is 29.0 Å². The number of thiazole rings is 1. The maximum atomic E-state index is 11.1. The number of hydrogen-bond acceptors (Lipinski definition) is 4. The van der Waals surface area contributed by atoms with Crippen molar-refractivity contribution in [2.75, 3.05) is 11.9 Å². The van der Waals surface area contributed by atoms with Gasteiger partial charge in [-0.05, 0) is 24.6 Å². The van der Waals surface area contributed by atoms with Gasteiger partial charge in [-0.1, -0.05) is 23.7 Å². The number of halogens is 1. The third kappa shape index (κ3) is 2.88. The van der Waals surface area contributed by atoms with Crippen molar-refractivity contribution in [1.29, 1.82) is 0 Å². The van der Waals surface area contributed by atoms with Crippen LogP contribution in [0.5, 0.6) is 0 Å². The standard InChI is InChI=1S/C13H13ClN2O2S/c1-8(9-4-3-5-10(14)6-9)16(2)12-11(13(17)18)15-7-19-12/h3-8H,1-2H3,(H,17,18). The summed E-state index contributed by atoms with van der Waals surface area (Å²) in [6.07, 6.45) is 0. The molecule has 0 fully saturated rings. The molecule has 1 atom stereocenters. The van der Waals surface area contributed by atoms with Gasteiger partial charge in [-0.3, -0.25) is 0 Å². The van der Waals surface area contributed by atoms with Gasteiger partial charge in [0.15, 0.2) is 5.69 Å². The molecule has 0 amide bonds. The van der Waals surface area contributed by atoms with Gasteiger partial charge < -0.3 is 10.0 Å². The third-order valence-corrected chi connectivity index (χ3v) is 4.13. The lowest BCUT2D eigenvalue weighted by atomic mass is 10.1. The van der Waals surface area contributed by atoms with Crippen LogP contribution in [0, 0.1) is 0 Å². The molecule has 1 unspecified atom stereocenters. The minimum absolute atomic E-state index is 0.0113. The van der Waals surface area contributed by atoms with E-state index in [9.17, 15) is 4.79 Å². The first kappa shape index (κ1) is 13.8. The van der Waals surface area contributed by atoms with Gasteiger partial charge in [0.05, 0.1) is 11.6 Å². The van der Waals surface area contributed by atoms with Crippen LogP contribution in [-0.2, 0) is 0 Å². The van der Waals surface area contributed by atoms with E-state index >= 15 is 0 Å². The van der Waals surface area contributed by atoms with Crippen LogP contribution in [0.2, 0.25) is 5.02 Å². The van der Waals surface area contributed by atoms with Crippen molar-refractivity contribution in [2.45, 2.75) is 13.0 Å². The summed E-state index contributed by atoms with van der Waals surface area (Å²) in [4.78, 5) is 16.9. The van der Waals surface area contributed by atoms with E-state index in [1.165, 1.54) is 11.3 Å². The Morgan fingerprint density at radius 1 is 1.53 bits per heavy atom. The molecule has 0 bridgehead atoms. The Bertz CT molecular complexity index is 600. The molecule has 0 aliphatic heterocycles. The molecule has 1 heterocycles. The maximum Gasteiger partial charge on any atom is 0.357 e. The molecule has 6 heteroatoms. The van der Waals surface area contributed by atoms with Crippen LogP contribution in [0.25, 0.3) is 0 Å². The highest BCUT2D eigenvalue weighted by Crippen LogP contribution is 2.32. The van der Waals surface area contributed by atoms with Crippen molar-refractivity contribution in [1.82, 2.24) is 4.98 Å². The van der Waals surface area contributed by atoms with Crippen molar-refractivity contribution in [3.8, 4) is 0 Å². The van der Waals surface area contributed by atoms with E-state index in [-0.39, 0.29) is 11.7 Å². The van der Waals surface area contributed by atoms with E-state index in [2.05, 4.69) is 4.98 Å². The molecule has 0 spiro atoms. The summed E-state index contributed by atoms with van der Waals surface area (Å²) in [6, 6.07) is 7.55. The number of anilines is 1. The second kappa shape index (κ2) is 5.59. The molecule has 2 rings (SSSR count). The Morgan fingerprint density at radius 3 is 2.89 bits per heavy atom. The zero-order valence-electron chi connectivity index (χ0n) is 10.5. The van der Waals surface area contributed by atoms with Gasteiger partial charge in [0.2, 0.25) is 0 Å². The molecule has 0 saturated heterocycles. The number of carboxylic acid groups (broad SMARTS) is 1. The molecular weight excluding hydrogens is 284 g/mol. The van der Waals surface area contributed by atoms with Crippen LogP contribution in [0.4, 0.5) is 5.00 Å². The predicted octanol–water partition coefficient (Wildman–Crippen LogP) is 3.69. The second-order valence-electron chi connectivity index (χ2n) is 4.15. The van der Waals surface area contributed by atoms with Gasteiger partial charge in [0, 0.05) is 12.1 Å². The number of hydrogen-bond donors (Lipinski definition) is 1. The van der Waals surface area contributed by atoms with E-state index < -0.39 is 5.97 Å². The molecule has 100 valence electrons. The Kier molecular flexibility index (Phi) is 4.07. The van der Waals surface area contributed by atoms with Crippen molar-refractivity contribution < 1.29 is 9.90 Å². The zero-order valence-corrected chi connectivity index (χ0v) is 12.1. The molecule has 0 saturated carbocycles. The molecule has 2 aromatic rings. The molecule has 1 aromatic heterocycles. The summed E-state index contributed by atoms with van der Waals surface area (Å²) in [5.41, 5.74) is 2.65. The minimum atomic E-state index is -1.01. The minimum Gasteiger partial charge on any atom is -0.476 e. The molecule has 4 nitrogen and oxygen atoms in total. The number of carboxylic acids is 1. The highest BCUT2D eigenvalue weighted by atomic mass is 35.5. The van der Waals surface area contributed by atoms with E-state index in [4.69, 9.17) is 16.7 Å². The topological polar surface area (TPSA) is 53.4 Å². The summed E-state index contributed by atoms with van der Waals surface area (Å²) in [6.45, 7) is 2.00. The predicted molar refractivity (Wildman–Crippen MR) is 77.3 cm³/mol. The summed E-state index contributed by atoms with van der Waals surface area (Å²) in [7, 11) is 1.85. The lowest BCUT2D eigenvalue weighted by molar-refractivity contribution is 0.0692. The van der Waals surface area contributed by atoms with Gasteiger partial charge in [0.25, 0.3) is 0 Å². The monoisotopic (exact) mass is 296 g/mol. The maximum absolute atomic E-state index is 11.1. The van der Waals surface area contributed by atoms with Crippen LogP contribution < -0.4 is 4.90 Å². The molecule has 1 N–H and O–H groups in total. The number of rotatable bonds is 4. The Labute approximate surface area is 120 Å². The first-order chi connectivity index (χ1) is 9.00. The van der Waals surface area contributed by atoms with E-state index in [0.717, 1.165) is 5.56 Å². The molecule has 0 aliphatic carbocycles. The van der Waals surface area contributed by atoms with Gasteiger partial charge in [0.1, 0.15) is 5.00 Å². The normalized spacial score (nSPS) is 12.2. The second-order valence-corrected chi connectivity index (χ2v) is 5.42. The van der Waals surface area contributed by atoms with Crippen LogP contribution in [-0.4, -0.2) is 23.1 Å². The lowest BCUT2D eigenvalue weighted by Gasteiger charge is -2.26. The van der Waals surface area contributed by atoms with E-state index in [1.807, 2.05) is 43.1 Å². The van der Waals surface area contributed by atoms with E-state index in [1.54, 1.807) is 5.51 Å². The Hall–Kier alpha value is -1.59. The Balaban J connectivity index is 2.31. The fraction of sp³-hybridized carbons (Fsp3) is 0.231. The van der Waals surface area contributed by atoms with Crippen molar-refractivity contribution in [3.63, 3.8) is 0 Å². The summed E-state index contributed by atoms with van der Waals surface area (Å²) in [5.74, 6) is -1.01. The summed E-state index contributed by atoms with van der Waals surface area (Å²) in [5, 5.41) is 10.4. The highest BCUT2D eigenvalue weighted by Gasteiger charge is 2.21. The first-order valence-corrected chi connectivity index (χ1v) is 6.91. The van der Waals surface area contributed by atoms with Gasteiger partial charge in [-0.2, -0.15) is 0 Å². The number of carbonyl (C=O) groups is 1. The lowest BCUT2D eigenvalue weighted by Crippen LogP contribution is -2.22. The number of nitrogens with zero attached hydrogens (tertiary/aromatic N) is 2. The van der Waals surface area contributed by atoms with E-state index in [0.29, 0.717) is 10.0 Å². The fourth-order valence-electron chi connectivity index (χ4n) is 1.80. The summed E-state index contributed by atoms with van der Waals surface area (Å²) < 4.78 is 0. The average molecular weight is 297 g/mol. The molecule has 1 aromatic carbocycles. The summed E-state index contributed by atoms with van der Waals surface area (Å²) >= 11 is 7.29. The molecule has 19 heavy (non-hydrogen) atoms. The third-order valence-electron chi connectivity index (χ3n) is 2.98. The number of aromatic nitrogens is 1. The SMILES string of the molecule is CC(c1cccc(Cl)c1)N(C)c1scnc1C(=O)O. The largest absolute Gasteiger partial charge is 0.476 e. The van der Waals surface area contributed by atoms with Crippen molar-refractivity contribution in [3.05, 3.63) is 46.1 Å². The number of benzene rings is 1. The number of aromatic carboxylic acids is 1. The van der Waals surface area contributed by atoms with Crippen LogP contribution in [0.15, 0.2) is 29.8 Å². The van der Waals surface area contributed by atoms with Gasteiger partial charge in [-0.15, -0.1) is 11.3 Å². The molecular formula is C13H13ClN2O2S. The van der Waals surface area contributed by atoms with Gasteiger partial charge >= 0.3 is 5.97 Å². The fourth-order valence-corrected chi connectivity index (χ4v) is 2.84.